The number of anilines is 1. The first-order valence-corrected chi connectivity index (χ1v) is 9.74. The molecule has 4 N–H and O–H groups in total. The highest BCUT2D eigenvalue weighted by Crippen LogP contribution is 2.40. The van der Waals surface area contributed by atoms with Gasteiger partial charge in [-0.15, -0.1) is 11.3 Å². The molecule has 7 heteroatoms. The van der Waals surface area contributed by atoms with E-state index in [4.69, 9.17) is 5.73 Å². The van der Waals surface area contributed by atoms with Gasteiger partial charge >= 0.3 is 5.97 Å². The van der Waals surface area contributed by atoms with Crippen molar-refractivity contribution in [3.05, 3.63) is 27.2 Å². The van der Waals surface area contributed by atoms with Gasteiger partial charge in [-0.3, -0.25) is 14.4 Å². The summed E-state index contributed by atoms with van der Waals surface area (Å²) in [6.45, 7) is 3.85. The zero-order chi connectivity index (χ0) is 19.0. The van der Waals surface area contributed by atoms with Gasteiger partial charge in [-0.1, -0.05) is 11.1 Å². The molecule has 1 heterocycles. The summed E-state index contributed by atoms with van der Waals surface area (Å²) in [7, 11) is 0. The number of hydrogen-bond acceptors (Lipinski definition) is 4. The molecule has 0 fully saturated rings. The average Bonchev–Trinajstić information content (AvgIpc) is 2.94. The van der Waals surface area contributed by atoms with Crippen LogP contribution in [0.3, 0.4) is 0 Å². The number of carboxylic acids is 1. The largest absolute Gasteiger partial charge is 0.481 e. The van der Waals surface area contributed by atoms with Crippen LogP contribution in [0.15, 0.2) is 11.1 Å². The molecular formula is C19H24N2O4S. The molecule has 0 bridgehead atoms. The molecule has 2 aliphatic carbocycles. The molecule has 0 aliphatic heterocycles. The molecule has 0 radical (unpaired) electrons. The number of allylic oxidation sites excluding steroid dienone is 2. The predicted molar refractivity (Wildman–Crippen MR) is 100 cm³/mol. The topological polar surface area (TPSA) is 109 Å². The number of hydrogen-bond donors (Lipinski definition) is 3. The lowest BCUT2D eigenvalue weighted by molar-refractivity contribution is -0.146. The van der Waals surface area contributed by atoms with Crippen LogP contribution in [0.25, 0.3) is 0 Å². The Kier molecular flexibility index (Phi) is 5.18. The van der Waals surface area contributed by atoms with Crippen LogP contribution < -0.4 is 11.1 Å². The number of primary amides is 1. The number of nitrogens with two attached hydrogens (primary N) is 1. The predicted octanol–water partition coefficient (Wildman–Crippen LogP) is 3.11. The number of aryl methyl sites for hydroxylation is 1. The summed E-state index contributed by atoms with van der Waals surface area (Å²) >= 11 is 1.40. The third kappa shape index (κ3) is 3.40. The lowest BCUT2D eigenvalue weighted by Gasteiger charge is -2.29. The fourth-order valence-corrected chi connectivity index (χ4v) is 5.24. The molecule has 2 amide bonds. The van der Waals surface area contributed by atoms with Crippen LogP contribution in [0.2, 0.25) is 0 Å². The fourth-order valence-electron chi connectivity index (χ4n) is 3.95. The zero-order valence-corrected chi connectivity index (χ0v) is 15.9. The number of rotatable bonds is 4. The quantitative estimate of drug-likeness (QED) is 0.701. The van der Waals surface area contributed by atoms with E-state index >= 15 is 0 Å². The lowest BCUT2D eigenvalue weighted by atomic mass is 9.76. The second-order valence-electron chi connectivity index (χ2n) is 7.29. The molecule has 0 aromatic carbocycles. The average molecular weight is 376 g/mol. The van der Waals surface area contributed by atoms with E-state index in [1.54, 1.807) is 0 Å². The molecule has 1 aromatic heterocycles. The Bertz CT molecular complexity index is 809. The SMILES string of the molecule is CC1=C(C)C[C@H](C(=O)Nc2sc3c(c2C(N)=O)CCCC3)[C@@H](C(=O)O)C1. The minimum Gasteiger partial charge on any atom is -0.481 e. The molecule has 2 atom stereocenters. The minimum atomic E-state index is -0.961. The van der Waals surface area contributed by atoms with Crippen molar-refractivity contribution in [2.24, 2.45) is 17.6 Å². The first kappa shape index (κ1) is 18.6. The normalized spacial score (nSPS) is 22.7. The highest BCUT2D eigenvalue weighted by Gasteiger charge is 2.38. The van der Waals surface area contributed by atoms with Crippen LogP contribution in [0.5, 0.6) is 0 Å². The van der Waals surface area contributed by atoms with Crippen LogP contribution in [-0.4, -0.2) is 22.9 Å². The van der Waals surface area contributed by atoms with E-state index in [9.17, 15) is 19.5 Å². The molecule has 1 aromatic rings. The number of carboxylic acid groups (broad SMARTS) is 1. The molecular weight excluding hydrogens is 352 g/mol. The van der Waals surface area contributed by atoms with E-state index < -0.39 is 23.7 Å². The first-order chi connectivity index (χ1) is 12.3. The standard InChI is InChI=1S/C19H24N2O4S/c1-9-7-12(13(19(24)25)8-10(9)2)17(23)21-18-15(16(20)22)11-5-3-4-6-14(11)26-18/h12-13H,3-8H2,1-2H3,(H2,20,22)(H,21,23)(H,24,25)/t12-,13-/m0/s1. The van der Waals surface area contributed by atoms with Gasteiger partial charge in [-0.25, -0.2) is 0 Å². The third-order valence-corrected chi connectivity index (χ3v) is 6.78. The molecule has 140 valence electrons. The van der Waals surface area contributed by atoms with Crippen molar-refractivity contribution in [1.82, 2.24) is 0 Å². The molecule has 0 unspecified atom stereocenters. The summed E-state index contributed by atoms with van der Waals surface area (Å²) in [6.07, 6.45) is 4.55. The Morgan fingerprint density at radius 3 is 2.31 bits per heavy atom. The monoisotopic (exact) mass is 376 g/mol. The molecule has 2 aliphatic rings. The highest BCUT2D eigenvalue weighted by atomic mass is 32.1. The van der Waals surface area contributed by atoms with E-state index in [1.165, 1.54) is 11.3 Å². The van der Waals surface area contributed by atoms with Gasteiger partial charge in [0.1, 0.15) is 5.00 Å². The summed E-state index contributed by atoms with van der Waals surface area (Å²) < 4.78 is 0. The van der Waals surface area contributed by atoms with Crippen LogP contribution in [-0.2, 0) is 22.4 Å². The molecule has 3 rings (SSSR count). The minimum absolute atomic E-state index is 0.342. The lowest BCUT2D eigenvalue weighted by Crippen LogP contribution is -2.36. The van der Waals surface area contributed by atoms with E-state index in [0.717, 1.165) is 47.3 Å². The second-order valence-corrected chi connectivity index (χ2v) is 8.39. The summed E-state index contributed by atoms with van der Waals surface area (Å²) in [6, 6.07) is 0. The van der Waals surface area contributed by atoms with E-state index in [-0.39, 0.29) is 5.91 Å². The molecule has 0 saturated heterocycles. The molecule has 26 heavy (non-hydrogen) atoms. The molecule has 6 nitrogen and oxygen atoms in total. The van der Waals surface area contributed by atoms with Gasteiger partial charge in [-0.05, 0) is 57.9 Å². The Hall–Kier alpha value is -2.15. The second kappa shape index (κ2) is 7.23. The van der Waals surface area contributed by atoms with Crippen molar-refractivity contribution in [3.8, 4) is 0 Å². The van der Waals surface area contributed by atoms with Gasteiger partial charge in [0.25, 0.3) is 5.91 Å². The van der Waals surface area contributed by atoms with Crippen molar-refractivity contribution in [3.63, 3.8) is 0 Å². The van der Waals surface area contributed by atoms with Crippen LogP contribution >= 0.6 is 11.3 Å². The van der Waals surface area contributed by atoms with Crippen LogP contribution in [0.1, 0.15) is 60.3 Å². The summed E-state index contributed by atoms with van der Waals surface area (Å²) in [5, 5.41) is 12.8. The van der Waals surface area contributed by atoms with Crippen molar-refractivity contribution in [2.75, 3.05) is 5.32 Å². The fraction of sp³-hybridized carbons (Fsp3) is 0.526. The van der Waals surface area contributed by atoms with Gasteiger partial charge in [0.15, 0.2) is 0 Å². The van der Waals surface area contributed by atoms with E-state index in [2.05, 4.69) is 5.32 Å². The summed E-state index contributed by atoms with van der Waals surface area (Å²) in [5.74, 6) is -3.23. The van der Waals surface area contributed by atoms with Crippen molar-refractivity contribution < 1.29 is 19.5 Å². The number of carbonyl (C=O) groups excluding carboxylic acids is 2. The van der Waals surface area contributed by atoms with E-state index in [0.29, 0.717) is 23.4 Å². The third-order valence-electron chi connectivity index (χ3n) is 5.57. The van der Waals surface area contributed by atoms with Gasteiger partial charge in [0.2, 0.25) is 5.91 Å². The van der Waals surface area contributed by atoms with Crippen molar-refractivity contribution in [1.29, 1.82) is 0 Å². The number of aliphatic carboxylic acids is 1. The maximum Gasteiger partial charge on any atom is 0.307 e. The van der Waals surface area contributed by atoms with Gasteiger partial charge < -0.3 is 16.2 Å². The van der Waals surface area contributed by atoms with Crippen LogP contribution in [0, 0.1) is 11.8 Å². The number of amides is 2. The number of nitrogens with one attached hydrogen (secondary N) is 1. The Morgan fingerprint density at radius 1 is 1.08 bits per heavy atom. The Labute approximate surface area is 156 Å². The van der Waals surface area contributed by atoms with E-state index in [1.807, 2.05) is 13.8 Å². The van der Waals surface area contributed by atoms with Crippen molar-refractivity contribution in [2.45, 2.75) is 52.4 Å². The Morgan fingerprint density at radius 2 is 1.69 bits per heavy atom. The maximum atomic E-state index is 12.9. The maximum absolute atomic E-state index is 12.9. The highest BCUT2D eigenvalue weighted by molar-refractivity contribution is 7.17. The first-order valence-electron chi connectivity index (χ1n) is 8.92. The number of thiophene rings is 1. The number of carbonyl (C=O) groups is 3. The van der Waals surface area contributed by atoms with Gasteiger partial charge in [-0.2, -0.15) is 0 Å². The van der Waals surface area contributed by atoms with Crippen LogP contribution in [0.4, 0.5) is 5.00 Å². The summed E-state index contributed by atoms with van der Waals surface area (Å²) in [5.41, 5.74) is 9.02. The molecule has 0 spiro atoms. The number of fused-ring (bicyclic) bond motifs is 1. The Balaban J connectivity index is 1.89. The summed E-state index contributed by atoms with van der Waals surface area (Å²) in [4.78, 5) is 37.6. The van der Waals surface area contributed by atoms with Crippen molar-refractivity contribution >= 4 is 34.1 Å². The van der Waals surface area contributed by atoms with Gasteiger partial charge in [0.05, 0.1) is 17.4 Å². The molecule has 0 saturated carbocycles. The van der Waals surface area contributed by atoms with Gasteiger partial charge in [0, 0.05) is 4.88 Å². The smallest absolute Gasteiger partial charge is 0.307 e. The zero-order valence-electron chi connectivity index (χ0n) is 15.1.